The topological polar surface area (TPSA) is 61.4 Å². The second-order valence-corrected chi connectivity index (χ2v) is 6.18. The van der Waals surface area contributed by atoms with Crippen LogP contribution in [0.3, 0.4) is 0 Å². The van der Waals surface area contributed by atoms with Gasteiger partial charge in [-0.05, 0) is 50.4 Å². The summed E-state index contributed by atoms with van der Waals surface area (Å²) in [4.78, 5) is 26.1. The van der Waals surface area contributed by atoms with E-state index in [0.717, 1.165) is 49.2 Å². The first-order valence-electron chi connectivity index (χ1n) is 8.37. The van der Waals surface area contributed by atoms with Crippen LogP contribution in [0.5, 0.6) is 0 Å². The summed E-state index contributed by atoms with van der Waals surface area (Å²) in [5, 5.41) is 5.77. The van der Waals surface area contributed by atoms with Crippen molar-refractivity contribution in [3.63, 3.8) is 0 Å². The van der Waals surface area contributed by atoms with E-state index in [1.807, 2.05) is 19.1 Å². The van der Waals surface area contributed by atoms with E-state index in [9.17, 15) is 9.59 Å². The van der Waals surface area contributed by atoms with Gasteiger partial charge in [0.2, 0.25) is 11.8 Å². The van der Waals surface area contributed by atoms with Gasteiger partial charge in [-0.2, -0.15) is 0 Å². The molecule has 5 nitrogen and oxygen atoms in total. The van der Waals surface area contributed by atoms with Crippen LogP contribution >= 0.6 is 0 Å². The standard InChI is InChI=1S/C18H27N3O2/c1-4-14-7-5-6-13(2)17(14)20-16(22)12-21-10-8-15(9-11-21)18(23)19-3/h5-7,15H,4,8-12H2,1-3H3,(H,19,23)(H,20,22). The number of carbonyl (C=O) groups excluding carboxylic acids is 2. The summed E-state index contributed by atoms with van der Waals surface area (Å²) in [5.41, 5.74) is 3.20. The third-order valence-electron chi connectivity index (χ3n) is 4.58. The molecule has 0 radical (unpaired) electrons. The first-order valence-corrected chi connectivity index (χ1v) is 8.37. The van der Waals surface area contributed by atoms with E-state index in [2.05, 4.69) is 28.5 Å². The molecule has 2 N–H and O–H groups in total. The van der Waals surface area contributed by atoms with Gasteiger partial charge in [-0.25, -0.2) is 0 Å². The number of nitrogens with one attached hydrogen (secondary N) is 2. The summed E-state index contributed by atoms with van der Waals surface area (Å²) in [5.74, 6) is 0.219. The summed E-state index contributed by atoms with van der Waals surface area (Å²) < 4.78 is 0. The fraction of sp³-hybridized carbons (Fsp3) is 0.556. The number of anilines is 1. The fourth-order valence-corrected chi connectivity index (χ4v) is 3.14. The van der Waals surface area contributed by atoms with E-state index in [0.29, 0.717) is 6.54 Å². The molecule has 1 heterocycles. The highest BCUT2D eigenvalue weighted by Crippen LogP contribution is 2.21. The smallest absolute Gasteiger partial charge is 0.238 e. The van der Waals surface area contributed by atoms with Gasteiger partial charge in [0, 0.05) is 18.7 Å². The lowest BCUT2D eigenvalue weighted by atomic mass is 9.96. The van der Waals surface area contributed by atoms with Crippen molar-refractivity contribution in [2.75, 3.05) is 32.0 Å². The normalized spacial score (nSPS) is 16.1. The maximum absolute atomic E-state index is 12.3. The number of amides is 2. The second kappa shape index (κ2) is 8.11. The number of likely N-dealkylation sites (tertiary alicyclic amines) is 1. The van der Waals surface area contributed by atoms with E-state index in [1.54, 1.807) is 7.05 Å². The molecular formula is C18H27N3O2. The third-order valence-corrected chi connectivity index (χ3v) is 4.58. The SMILES string of the molecule is CCc1cccc(C)c1NC(=O)CN1CCC(C(=O)NC)CC1. The van der Waals surface area contributed by atoms with Crippen LogP contribution in [0.1, 0.15) is 30.9 Å². The van der Waals surface area contributed by atoms with Crippen molar-refractivity contribution >= 4 is 17.5 Å². The van der Waals surface area contributed by atoms with Crippen molar-refractivity contribution in [2.24, 2.45) is 5.92 Å². The third kappa shape index (κ3) is 4.55. The summed E-state index contributed by atoms with van der Waals surface area (Å²) >= 11 is 0. The molecule has 1 aliphatic heterocycles. The Hall–Kier alpha value is -1.88. The minimum atomic E-state index is 0.0207. The monoisotopic (exact) mass is 317 g/mol. The Kier molecular flexibility index (Phi) is 6.16. The lowest BCUT2D eigenvalue weighted by molar-refractivity contribution is -0.126. The number of hydrogen-bond donors (Lipinski definition) is 2. The molecule has 1 saturated heterocycles. The van der Waals surface area contributed by atoms with Gasteiger partial charge in [0.25, 0.3) is 0 Å². The van der Waals surface area contributed by atoms with E-state index in [-0.39, 0.29) is 17.7 Å². The molecule has 1 fully saturated rings. The Morgan fingerprint density at radius 1 is 1.26 bits per heavy atom. The molecule has 1 aromatic carbocycles. The number of nitrogens with zero attached hydrogens (tertiary/aromatic N) is 1. The molecule has 0 unspecified atom stereocenters. The predicted molar refractivity (Wildman–Crippen MR) is 92.4 cm³/mol. The minimum absolute atomic E-state index is 0.0207. The van der Waals surface area contributed by atoms with Gasteiger partial charge >= 0.3 is 0 Å². The average Bonchev–Trinajstić information content (AvgIpc) is 2.56. The summed E-state index contributed by atoms with van der Waals surface area (Å²) in [6, 6.07) is 6.09. The molecule has 23 heavy (non-hydrogen) atoms. The van der Waals surface area contributed by atoms with Crippen LogP contribution in [0, 0.1) is 12.8 Å². The molecule has 5 heteroatoms. The maximum Gasteiger partial charge on any atom is 0.238 e. The zero-order valence-electron chi connectivity index (χ0n) is 14.3. The number of piperidine rings is 1. The Morgan fingerprint density at radius 3 is 2.57 bits per heavy atom. The highest BCUT2D eigenvalue weighted by molar-refractivity contribution is 5.93. The second-order valence-electron chi connectivity index (χ2n) is 6.18. The Labute approximate surface area is 138 Å². The highest BCUT2D eigenvalue weighted by Gasteiger charge is 2.25. The Balaban J connectivity index is 1.88. The molecule has 1 aromatic rings. The fourth-order valence-electron chi connectivity index (χ4n) is 3.14. The first kappa shape index (κ1) is 17.5. The van der Waals surface area contributed by atoms with E-state index in [4.69, 9.17) is 0 Å². The summed E-state index contributed by atoms with van der Waals surface area (Å²) in [7, 11) is 1.68. The highest BCUT2D eigenvalue weighted by atomic mass is 16.2. The van der Waals surface area contributed by atoms with E-state index >= 15 is 0 Å². The minimum Gasteiger partial charge on any atom is -0.359 e. The molecule has 2 amide bonds. The Bertz CT molecular complexity index is 563. The van der Waals surface area contributed by atoms with Crippen molar-refractivity contribution in [2.45, 2.75) is 33.1 Å². The van der Waals surface area contributed by atoms with Gasteiger partial charge in [0.05, 0.1) is 6.54 Å². The molecule has 0 bridgehead atoms. The van der Waals surface area contributed by atoms with Gasteiger partial charge in [0.15, 0.2) is 0 Å². The maximum atomic E-state index is 12.3. The van der Waals surface area contributed by atoms with Gasteiger partial charge < -0.3 is 10.6 Å². The largest absolute Gasteiger partial charge is 0.359 e. The van der Waals surface area contributed by atoms with Gasteiger partial charge in [0.1, 0.15) is 0 Å². The van der Waals surface area contributed by atoms with Crippen LogP contribution in [0.2, 0.25) is 0 Å². The van der Waals surface area contributed by atoms with Crippen molar-refractivity contribution in [1.82, 2.24) is 10.2 Å². The predicted octanol–water partition coefficient (Wildman–Crippen LogP) is 1.95. The molecule has 1 aliphatic rings. The molecule has 0 aliphatic carbocycles. The van der Waals surface area contributed by atoms with Crippen LogP contribution in [-0.2, 0) is 16.0 Å². The Morgan fingerprint density at radius 2 is 1.96 bits per heavy atom. The molecule has 0 saturated carbocycles. The lowest BCUT2D eigenvalue weighted by Gasteiger charge is -2.30. The van der Waals surface area contributed by atoms with E-state index in [1.165, 1.54) is 0 Å². The van der Waals surface area contributed by atoms with Crippen LogP contribution in [0.25, 0.3) is 0 Å². The molecule has 126 valence electrons. The van der Waals surface area contributed by atoms with Crippen molar-refractivity contribution in [3.8, 4) is 0 Å². The summed E-state index contributed by atoms with van der Waals surface area (Å²) in [6.07, 6.45) is 2.53. The zero-order chi connectivity index (χ0) is 16.8. The molecule has 0 spiro atoms. The number of hydrogen-bond acceptors (Lipinski definition) is 3. The molecule has 2 rings (SSSR count). The van der Waals surface area contributed by atoms with E-state index < -0.39 is 0 Å². The number of benzene rings is 1. The first-order chi connectivity index (χ1) is 11.0. The van der Waals surface area contributed by atoms with Crippen molar-refractivity contribution < 1.29 is 9.59 Å². The van der Waals surface area contributed by atoms with Gasteiger partial charge in [-0.1, -0.05) is 25.1 Å². The number of para-hydroxylation sites is 1. The molecule has 0 atom stereocenters. The van der Waals surface area contributed by atoms with Crippen LogP contribution < -0.4 is 10.6 Å². The van der Waals surface area contributed by atoms with Crippen LogP contribution in [0.4, 0.5) is 5.69 Å². The molecule has 0 aromatic heterocycles. The van der Waals surface area contributed by atoms with Gasteiger partial charge in [-0.15, -0.1) is 0 Å². The van der Waals surface area contributed by atoms with Gasteiger partial charge in [-0.3, -0.25) is 14.5 Å². The van der Waals surface area contributed by atoms with Crippen LogP contribution in [-0.4, -0.2) is 43.4 Å². The van der Waals surface area contributed by atoms with Crippen molar-refractivity contribution in [3.05, 3.63) is 29.3 Å². The van der Waals surface area contributed by atoms with Crippen LogP contribution in [0.15, 0.2) is 18.2 Å². The summed E-state index contributed by atoms with van der Waals surface area (Å²) in [6.45, 7) is 6.08. The number of rotatable bonds is 5. The number of carbonyl (C=O) groups is 2. The van der Waals surface area contributed by atoms with Crippen molar-refractivity contribution in [1.29, 1.82) is 0 Å². The zero-order valence-corrected chi connectivity index (χ0v) is 14.3. The number of aryl methyl sites for hydroxylation is 2. The lowest BCUT2D eigenvalue weighted by Crippen LogP contribution is -2.42. The molecular weight excluding hydrogens is 290 g/mol. The average molecular weight is 317 g/mol. The quantitative estimate of drug-likeness (QED) is 0.872.